The van der Waals surface area contributed by atoms with E-state index in [1.54, 1.807) is 29.4 Å². The number of furan rings is 1. The van der Waals surface area contributed by atoms with Crippen LogP contribution in [-0.4, -0.2) is 30.8 Å². The molecule has 0 saturated heterocycles. The Bertz CT molecular complexity index is 947. The molecule has 0 radical (unpaired) electrons. The van der Waals surface area contributed by atoms with Gasteiger partial charge in [0.05, 0.1) is 12.7 Å². The van der Waals surface area contributed by atoms with E-state index >= 15 is 0 Å². The number of ether oxygens (including phenoxy) is 1. The molecule has 2 aromatic heterocycles. The molecular formula is C21H23NO4S2. The highest BCUT2D eigenvalue weighted by Crippen LogP contribution is 2.26. The number of thioether (sulfide) groups is 1. The van der Waals surface area contributed by atoms with Crippen LogP contribution in [0.3, 0.4) is 0 Å². The van der Waals surface area contributed by atoms with Crippen molar-refractivity contribution in [3.8, 4) is 0 Å². The summed E-state index contributed by atoms with van der Waals surface area (Å²) in [6.07, 6.45) is 1.67. The second-order valence-corrected chi connectivity index (χ2v) is 8.60. The minimum atomic E-state index is -0.442. The summed E-state index contributed by atoms with van der Waals surface area (Å²) in [5.74, 6) is 1.04. The van der Waals surface area contributed by atoms with Gasteiger partial charge in [0.1, 0.15) is 5.58 Å². The predicted molar refractivity (Wildman–Crippen MR) is 114 cm³/mol. The van der Waals surface area contributed by atoms with Gasteiger partial charge < -0.3 is 14.5 Å². The highest BCUT2D eigenvalue weighted by atomic mass is 32.2. The van der Waals surface area contributed by atoms with Crippen molar-refractivity contribution >= 4 is 45.9 Å². The number of fused-ring (bicyclic) bond motifs is 1. The number of nitrogens with one attached hydrogen (secondary N) is 1. The van der Waals surface area contributed by atoms with Crippen LogP contribution in [0, 0.1) is 13.8 Å². The molecule has 0 spiro atoms. The third-order valence-electron chi connectivity index (χ3n) is 4.43. The summed E-state index contributed by atoms with van der Waals surface area (Å²) in [5.41, 5.74) is 3.77. The lowest BCUT2D eigenvalue weighted by Crippen LogP contribution is -2.30. The molecule has 0 fully saturated rings. The van der Waals surface area contributed by atoms with Gasteiger partial charge in [-0.15, -0.1) is 11.3 Å². The minimum absolute atomic E-state index is 0.0828. The van der Waals surface area contributed by atoms with Gasteiger partial charge in [0.15, 0.2) is 6.61 Å². The lowest BCUT2D eigenvalue weighted by atomic mass is 10.0. The highest BCUT2D eigenvalue weighted by molar-refractivity contribution is 7.98. The van der Waals surface area contributed by atoms with E-state index in [0.29, 0.717) is 6.54 Å². The summed E-state index contributed by atoms with van der Waals surface area (Å²) in [5, 5.41) is 5.73. The van der Waals surface area contributed by atoms with Gasteiger partial charge in [-0.1, -0.05) is 18.2 Å². The van der Waals surface area contributed by atoms with E-state index in [4.69, 9.17) is 9.15 Å². The van der Waals surface area contributed by atoms with Gasteiger partial charge in [-0.3, -0.25) is 9.59 Å². The molecule has 0 unspecified atom stereocenters. The Morgan fingerprint density at radius 2 is 2.11 bits per heavy atom. The molecule has 1 amide bonds. The van der Waals surface area contributed by atoms with Gasteiger partial charge >= 0.3 is 5.97 Å². The van der Waals surface area contributed by atoms with Crippen LogP contribution in [0.2, 0.25) is 0 Å². The number of carbonyl (C=O) groups is 2. The number of carbonyl (C=O) groups excluding carboxylic acids is 2. The van der Waals surface area contributed by atoms with Crippen LogP contribution in [0.1, 0.15) is 21.6 Å². The lowest BCUT2D eigenvalue weighted by molar-refractivity contribution is -0.147. The van der Waals surface area contributed by atoms with Crippen LogP contribution in [0.25, 0.3) is 11.0 Å². The quantitative estimate of drug-likeness (QED) is 0.416. The fourth-order valence-electron chi connectivity index (χ4n) is 2.76. The molecule has 0 aliphatic heterocycles. The Labute approximate surface area is 172 Å². The smallest absolute Gasteiger partial charge is 0.310 e. The maximum atomic E-state index is 12.1. The first-order chi connectivity index (χ1) is 13.5. The van der Waals surface area contributed by atoms with Crippen LogP contribution in [0.5, 0.6) is 0 Å². The van der Waals surface area contributed by atoms with Crippen molar-refractivity contribution in [2.24, 2.45) is 0 Å². The zero-order valence-corrected chi connectivity index (χ0v) is 17.6. The van der Waals surface area contributed by atoms with E-state index in [1.165, 1.54) is 4.88 Å². The summed E-state index contributed by atoms with van der Waals surface area (Å²) in [4.78, 5) is 25.2. The number of aryl methyl sites for hydroxylation is 2. The molecule has 0 bridgehead atoms. The van der Waals surface area contributed by atoms with Crippen molar-refractivity contribution in [1.29, 1.82) is 0 Å². The second kappa shape index (κ2) is 9.80. The fourth-order valence-corrected chi connectivity index (χ4v) is 4.46. The highest BCUT2D eigenvalue weighted by Gasteiger charge is 2.14. The van der Waals surface area contributed by atoms with E-state index in [-0.39, 0.29) is 18.9 Å². The van der Waals surface area contributed by atoms with Crippen molar-refractivity contribution in [3.05, 3.63) is 57.5 Å². The van der Waals surface area contributed by atoms with Gasteiger partial charge in [0.2, 0.25) is 0 Å². The molecule has 1 N–H and O–H groups in total. The zero-order valence-electron chi connectivity index (χ0n) is 15.9. The number of rotatable bonds is 9. The third-order valence-corrected chi connectivity index (χ3v) is 6.50. The van der Waals surface area contributed by atoms with E-state index in [1.807, 2.05) is 32.0 Å². The molecule has 0 saturated carbocycles. The second-order valence-electron chi connectivity index (χ2n) is 6.46. The standard InChI is InChI=1S/C21H23NO4S2/c1-14-5-6-18-16(11-26-21(18)15(14)2)10-20(24)25-12-19(23)22-7-9-27-13-17-4-3-8-28-17/h3-6,8,11H,7,9-10,12-13H2,1-2H3,(H,22,23). The topological polar surface area (TPSA) is 68.5 Å². The average molecular weight is 418 g/mol. The normalized spacial score (nSPS) is 10.9. The Morgan fingerprint density at radius 1 is 1.25 bits per heavy atom. The molecule has 7 heteroatoms. The first kappa shape index (κ1) is 20.5. The molecule has 0 atom stereocenters. The number of amides is 1. The molecule has 3 aromatic rings. The van der Waals surface area contributed by atoms with Crippen LogP contribution >= 0.6 is 23.1 Å². The number of esters is 1. The van der Waals surface area contributed by atoms with E-state index in [0.717, 1.165) is 39.2 Å². The van der Waals surface area contributed by atoms with Gasteiger partial charge in [0, 0.05) is 33.9 Å². The summed E-state index contributed by atoms with van der Waals surface area (Å²) in [6.45, 7) is 4.30. The Hall–Kier alpha value is -2.25. The van der Waals surface area contributed by atoms with Crippen molar-refractivity contribution in [3.63, 3.8) is 0 Å². The summed E-state index contributed by atoms with van der Waals surface area (Å²) in [6, 6.07) is 8.09. The first-order valence-corrected chi connectivity index (χ1v) is 11.1. The van der Waals surface area contributed by atoms with Gasteiger partial charge in [-0.05, 0) is 36.4 Å². The Morgan fingerprint density at radius 3 is 2.89 bits per heavy atom. The zero-order chi connectivity index (χ0) is 19.9. The van der Waals surface area contributed by atoms with Crippen LogP contribution in [0.4, 0.5) is 0 Å². The van der Waals surface area contributed by atoms with E-state index < -0.39 is 5.97 Å². The Kier molecular flexibility index (Phi) is 7.17. The van der Waals surface area contributed by atoms with Gasteiger partial charge in [-0.2, -0.15) is 11.8 Å². The number of hydrogen-bond acceptors (Lipinski definition) is 6. The maximum absolute atomic E-state index is 12.1. The van der Waals surface area contributed by atoms with Gasteiger partial charge in [-0.25, -0.2) is 0 Å². The van der Waals surface area contributed by atoms with Crippen molar-refractivity contribution in [2.45, 2.75) is 26.0 Å². The average Bonchev–Trinajstić information content (AvgIpc) is 3.33. The monoisotopic (exact) mass is 417 g/mol. The molecule has 1 aromatic carbocycles. The number of hydrogen-bond donors (Lipinski definition) is 1. The van der Waals surface area contributed by atoms with Crippen molar-refractivity contribution in [2.75, 3.05) is 18.9 Å². The van der Waals surface area contributed by atoms with Crippen LogP contribution < -0.4 is 5.32 Å². The number of thiophene rings is 1. The lowest BCUT2D eigenvalue weighted by Gasteiger charge is -2.06. The summed E-state index contributed by atoms with van der Waals surface area (Å²) < 4.78 is 10.7. The molecule has 28 heavy (non-hydrogen) atoms. The third kappa shape index (κ3) is 5.39. The van der Waals surface area contributed by atoms with Gasteiger partial charge in [0.25, 0.3) is 5.91 Å². The molecule has 3 rings (SSSR count). The van der Waals surface area contributed by atoms with Crippen LogP contribution in [0.15, 0.2) is 40.3 Å². The maximum Gasteiger partial charge on any atom is 0.310 e. The minimum Gasteiger partial charge on any atom is -0.464 e. The summed E-state index contributed by atoms with van der Waals surface area (Å²) in [7, 11) is 0. The summed E-state index contributed by atoms with van der Waals surface area (Å²) >= 11 is 3.49. The van der Waals surface area contributed by atoms with Crippen molar-refractivity contribution in [1.82, 2.24) is 5.32 Å². The molecule has 0 aliphatic rings. The number of benzene rings is 1. The van der Waals surface area contributed by atoms with Crippen LogP contribution in [-0.2, 0) is 26.5 Å². The molecular weight excluding hydrogens is 394 g/mol. The molecule has 5 nitrogen and oxygen atoms in total. The first-order valence-electron chi connectivity index (χ1n) is 9.03. The Balaban J connectivity index is 1.37. The SMILES string of the molecule is Cc1ccc2c(CC(=O)OCC(=O)NCCSCc3cccs3)coc2c1C. The molecule has 0 aliphatic carbocycles. The fraction of sp³-hybridized carbons (Fsp3) is 0.333. The van der Waals surface area contributed by atoms with Crippen molar-refractivity contribution < 1.29 is 18.7 Å². The van der Waals surface area contributed by atoms with E-state index in [2.05, 4.69) is 16.8 Å². The largest absolute Gasteiger partial charge is 0.464 e. The molecule has 148 valence electrons. The predicted octanol–water partition coefficient (Wildman–Crippen LogP) is 4.25. The molecule has 2 heterocycles. The van der Waals surface area contributed by atoms with E-state index in [9.17, 15) is 9.59 Å².